The molecule has 4 nitrogen and oxygen atoms in total. The quantitative estimate of drug-likeness (QED) is 0.144. The molecule has 356 valence electrons. The largest absolute Gasteiger partial charge is 0.455 e. The smallest absolute Gasteiger partial charge is 0.143 e. The molecule has 3 heterocycles. The monoisotopic (exact) mass is 969 g/mol. The Balaban J connectivity index is 0.776. The summed E-state index contributed by atoms with van der Waals surface area (Å²) in [6.07, 6.45) is 0. The summed E-state index contributed by atoms with van der Waals surface area (Å²) >= 11 is 0. The van der Waals surface area contributed by atoms with Crippen molar-refractivity contribution in [1.29, 1.82) is 0 Å². The molecule has 0 saturated carbocycles. The molecular formula is C72H47N3O. The Kier molecular flexibility index (Phi) is 10.2. The van der Waals surface area contributed by atoms with Crippen LogP contribution in [0.2, 0.25) is 0 Å². The van der Waals surface area contributed by atoms with E-state index in [0.717, 1.165) is 72.6 Å². The minimum absolute atomic E-state index is 0.899. The fraction of sp³-hybridized carbons (Fsp3) is 0. The topological polar surface area (TPSA) is 26.2 Å². The molecule has 0 fully saturated rings. The highest BCUT2D eigenvalue weighted by Crippen LogP contribution is 2.42. The van der Waals surface area contributed by atoms with Gasteiger partial charge in [-0.3, -0.25) is 0 Å². The molecule has 15 rings (SSSR count). The number of benzene rings is 12. The van der Waals surface area contributed by atoms with Crippen molar-refractivity contribution >= 4 is 82.6 Å². The highest BCUT2D eigenvalue weighted by molar-refractivity contribution is 6.12. The lowest BCUT2D eigenvalue weighted by atomic mass is 9.98. The van der Waals surface area contributed by atoms with Crippen molar-refractivity contribution in [2.24, 2.45) is 0 Å². The SMILES string of the molecule is c1ccc(-n2c3ccccc3c3cc(-c4ccc(-c5ccc(N(c6ccc(-c7ccc8c9ccccc9n(-c9ccccc9)c8c7)cc6)c6ccc(-c7cccc8c7oc7ccccc78)cc6)cc5)cc4)ccc32)cc1. The van der Waals surface area contributed by atoms with Gasteiger partial charge in [0.05, 0.1) is 22.1 Å². The molecule has 12 aromatic carbocycles. The predicted octanol–water partition coefficient (Wildman–Crippen LogP) is 19.9. The number of aromatic nitrogens is 2. The summed E-state index contributed by atoms with van der Waals surface area (Å²) in [6, 6.07) is 103. The van der Waals surface area contributed by atoms with Crippen LogP contribution in [0.1, 0.15) is 0 Å². The highest BCUT2D eigenvalue weighted by atomic mass is 16.3. The van der Waals surface area contributed by atoms with Crippen LogP contribution >= 0.6 is 0 Å². The fourth-order valence-electron chi connectivity index (χ4n) is 11.7. The van der Waals surface area contributed by atoms with Gasteiger partial charge in [0.25, 0.3) is 0 Å². The van der Waals surface area contributed by atoms with E-state index in [0.29, 0.717) is 0 Å². The maximum absolute atomic E-state index is 6.48. The number of furan rings is 1. The first kappa shape index (κ1) is 43.4. The van der Waals surface area contributed by atoms with E-state index < -0.39 is 0 Å². The molecule has 0 unspecified atom stereocenters. The number of rotatable bonds is 9. The van der Waals surface area contributed by atoms with Crippen molar-refractivity contribution in [2.45, 2.75) is 0 Å². The average molecular weight is 970 g/mol. The molecule has 76 heavy (non-hydrogen) atoms. The van der Waals surface area contributed by atoms with Crippen LogP contribution in [0.25, 0.3) is 121 Å². The van der Waals surface area contributed by atoms with Gasteiger partial charge in [-0.05, 0) is 136 Å². The van der Waals surface area contributed by atoms with Crippen LogP contribution in [0.4, 0.5) is 17.1 Å². The van der Waals surface area contributed by atoms with E-state index in [-0.39, 0.29) is 0 Å². The summed E-state index contributed by atoms with van der Waals surface area (Å²) in [7, 11) is 0. The van der Waals surface area contributed by atoms with Crippen molar-refractivity contribution in [2.75, 3.05) is 4.90 Å². The van der Waals surface area contributed by atoms with E-state index in [1.54, 1.807) is 0 Å². The number of hydrogen-bond acceptors (Lipinski definition) is 2. The molecule has 0 bridgehead atoms. The van der Waals surface area contributed by atoms with Gasteiger partial charge in [0.15, 0.2) is 0 Å². The molecule has 0 spiro atoms. The van der Waals surface area contributed by atoms with E-state index in [1.165, 1.54) is 65.9 Å². The lowest BCUT2D eigenvalue weighted by Gasteiger charge is -2.26. The van der Waals surface area contributed by atoms with E-state index in [9.17, 15) is 0 Å². The lowest BCUT2D eigenvalue weighted by Crippen LogP contribution is -2.09. The van der Waals surface area contributed by atoms with Crippen LogP contribution in [0.5, 0.6) is 0 Å². The summed E-state index contributed by atoms with van der Waals surface area (Å²) in [5.41, 5.74) is 21.3. The maximum Gasteiger partial charge on any atom is 0.143 e. The van der Waals surface area contributed by atoms with Gasteiger partial charge >= 0.3 is 0 Å². The molecule has 3 aromatic heterocycles. The van der Waals surface area contributed by atoms with Gasteiger partial charge in [0.1, 0.15) is 11.2 Å². The first-order valence-electron chi connectivity index (χ1n) is 26.0. The second kappa shape index (κ2) is 17.8. The van der Waals surface area contributed by atoms with Crippen LogP contribution in [0.3, 0.4) is 0 Å². The zero-order chi connectivity index (χ0) is 50.1. The molecule has 0 amide bonds. The Morgan fingerprint density at radius 1 is 0.250 bits per heavy atom. The highest BCUT2D eigenvalue weighted by Gasteiger charge is 2.19. The molecule has 0 N–H and O–H groups in total. The number of anilines is 3. The number of fused-ring (bicyclic) bond motifs is 9. The Morgan fingerprint density at radius 2 is 0.658 bits per heavy atom. The van der Waals surface area contributed by atoms with Crippen LogP contribution in [-0.4, -0.2) is 9.13 Å². The Morgan fingerprint density at radius 3 is 1.26 bits per heavy atom. The minimum atomic E-state index is 0.899. The average Bonchev–Trinajstić information content (AvgIpc) is 4.16. The molecule has 0 aliphatic rings. The maximum atomic E-state index is 6.48. The molecule has 0 aliphatic carbocycles. The van der Waals surface area contributed by atoms with Crippen LogP contribution < -0.4 is 4.90 Å². The third-order valence-corrected chi connectivity index (χ3v) is 15.4. The predicted molar refractivity (Wildman–Crippen MR) is 319 cm³/mol. The van der Waals surface area contributed by atoms with Gasteiger partial charge < -0.3 is 18.5 Å². The summed E-state index contributed by atoms with van der Waals surface area (Å²) in [5, 5.41) is 7.25. The third-order valence-electron chi connectivity index (χ3n) is 15.4. The van der Waals surface area contributed by atoms with Gasteiger partial charge in [0, 0.05) is 66.3 Å². The number of nitrogens with zero attached hydrogens (tertiary/aromatic N) is 3. The van der Waals surface area contributed by atoms with Gasteiger partial charge in [-0.1, -0.05) is 188 Å². The molecule has 15 aromatic rings. The van der Waals surface area contributed by atoms with Gasteiger partial charge in [-0.15, -0.1) is 0 Å². The molecular weight excluding hydrogens is 923 g/mol. The molecule has 4 heteroatoms. The van der Waals surface area contributed by atoms with Gasteiger partial charge in [-0.25, -0.2) is 0 Å². The van der Waals surface area contributed by atoms with Crippen molar-refractivity contribution in [3.63, 3.8) is 0 Å². The fourth-order valence-corrected chi connectivity index (χ4v) is 11.7. The Labute approximate surface area is 439 Å². The van der Waals surface area contributed by atoms with Crippen LogP contribution in [0, 0.1) is 0 Å². The standard InChI is InChI=1S/C72H47N3O/c1-3-14-55(15-4-1)74-68-24-11-8-19-62(68)66-46-53(37-45-69(66)74)50-28-26-48(27-29-50)49-30-38-57(39-31-49)73(59-42-34-52(35-43-59)60-21-13-22-65-64-20-9-12-25-71(64)76-72(60)65)58-40-32-51(33-41-58)54-36-44-63-61-18-7-10-23-67(61)75(70(63)47-54)56-16-5-2-6-17-56/h1-47H. The second-order valence-electron chi connectivity index (χ2n) is 19.7. The van der Waals surface area contributed by atoms with Crippen molar-refractivity contribution in [1.82, 2.24) is 9.13 Å². The molecule has 0 atom stereocenters. The lowest BCUT2D eigenvalue weighted by molar-refractivity contribution is 0.670. The van der Waals surface area contributed by atoms with E-state index in [2.05, 4.69) is 287 Å². The normalized spacial score (nSPS) is 11.7. The number of hydrogen-bond donors (Lipinski definition) is 0. The zero-order valence-electron chi connectivity index (χ0n) is 41.4. The molecule has 0 saturated heterocycles. The summed E-state index contributed by atoms with van der Waals surface area (Å²) in [4.78, 5) is 2.35. The van der Waals surface area contributed by atoms with Crippen molar-refractivity contribution in [3.8, 4) is 55.9 Å². The van der Waals surface area contributed by atoms with Crippen LogP contribution in [-0.2, 0) is 0 Å². The summed E-state index contributed by atoms with van der Waals surface area (Å²) < 4.78 is 11.2. The second-order valence-corrected chi connectivity index (χ2v) is 19.7. The number of para-hydroxylation sites is 6. The van der Waals surface area contributed by atoms with Gasteiger partial charge in [-0.2, -0.15) is 0 Å². The molecule has 0 aliphatic heterocycles. The minimum Gasteiger partial charge on any atom is -0.455 e. The summed E-state index contributed by atoms with van der Waals surface area (Å²) in [6.45, 7) is 0. The molecule has 0 radical (unpaired) electrons. The Hall–Kier alpha value is -10.2. The Bertz CT molecular complexity index is 4640. The summed E-state index contributed by atoms with van der Waals surface area (Å²) in [5.74, 6) is 0. The zero-order valence-corrected chi connectivity index (χ0v) is 41.4. The van der Waals surface area contributed by atoms with Crippen molar-refractivity contribution < 1.29 is 4.42 Å². The van der Waals surface area contributed by atoms with E-state index >= 15 is 0 Å². The first-order valence-corrected chi connectivity index (χ1v) is 26.0. The van der Waals surface area contributed by atoms with Crippen molar-refractivity contribution in [3.05, 3.63) is 285 Å². The van der Waals surface area contributed by atoms with Crippen LogP contribution in [0.15, 0.2) is 290 Å². The first-order chi connectivity index (χ1) is 37.7. The van der Waals surface area contributed by atoms with E-state index in [4.69, 9.17) is 4.42 Å². The van der Waals surface area contributed by atoms with E-state index in [1.807, 2.05) is 12.1 Å². The van der Waals surface area contributed by atoms with Gasteiger partial charge in [0.2, 0.25) is 0 Å². The third kappa shape index (κ3) is 7.22.